The van der Waals surface area contributed by atoms with Gasteiger partial charge in [0.2, 0.25) is 0 Å². The quantitative estimate of drug-likeness (QED) is 0.246. The van der Waals surface area contributed by atoms with E-state index in [-0.39, 0.29) is 16.4 Å². The van der Waals surface area contributed by atoms with Crippen LogP contribution in [0.25, 0.3) is 0 Å². The zero-order valence-electron chi connectivity index (χ0n) is 32.6. The lowest BCUT2D eigenvalue weighted by atomic mass is 9.33. The van der Waals surface area contributed by atoms with E-state index in [1.54, 1.807) is 0 Å². The Labute approximate surface area is 308 Å². The third-order valence-corrected chi connectivity index (χ3v) is 18.9. The van der Waals surface area contributed by atoms with Crippen molar-refractivity contribution in [2.45, 2.75) is 137 Å². The summed E-state index contributed by atoms with van der Waals surface area (Å²) in [6.07, 6.45) is 17.7. The predicted molar refractivity (Wildman–Crippen MR) is 207 cm³/mol. The molecule has 0 bridgehead atoms. The second kappa shape index (κ2) is 13.0. The average molecular weight is 709 g/mol. The van der Waals surface area contributed by atoms with Crippen LogP contribution in [0.4, 0.5) is 4.39 Å². The Hall–Kier alpha value is -1.11. The number of carboxylic acids is 1. The predicted octanol–water partition coefficient (Wildman–Crippen LogP) is 10.1. The molecule has 7 rings (SSSR count). The number of halogens is 1. The first kappa shape index (κ1) is 37.2. The van der Waals surface area contributed by atoms with Gasteiger partial charge in [0.25, 0.3) is 0 Å². The number of allylic oxidation sites excluding steroid dienone is 5. The molecule has 1 heterocycles. The molecule has 1 saturated heterocycles. The summed E-state index contributed by atoms with van der Waals surface area (Å²) in [6.45, 7) is 25.2. The highest BCUT2D eigenvalue weighted by atomic mass is 32.2. The molecule has 0 aromatic carbocycles. The number of carbonyl (C=O) groups is 1. The first-order chi connectivity index (χ1) is 23.6. The Morgan fingerprint density at radius 3 is 2.44 bits per heavy atom. The lowest BCUT2D eigenvalue weighted by Gasteiger charge is -2.72. The van der Waals surface area contributed by atoms with Gasteiger partial charge in [0.15, 0.2) is 0 Å². The highest BCUT2D eigenvalue weighted by Gasteiger charge is 2.70. The fourth-order valence-corrected chi connectivity index (χ4v) is 15.7. The van der Waals surface area contributed by atoms with Gasteiger partial charge in [-0.2, -0.15) is 11.8 Å². The van der Waals surface area contributed by atoms with E-state index in [1.807, 2.05) is 0 Å². The van der Waals surface area contributed by atoms with Gasteiger partial charge in [-0.05, 0) is 153 Å². The number of carboxylic acid groups (broad SMARTS) is 1. The summed E-state index contributed by atoms with van der Waals surface area (Å²) in [5, 5.41) is 14.2. The van der Waals surface area contributed by atoms with Crippen LogP contribution in [0, 0.1) is 56.7 Å². The van der Waals surface area contributed by atoms with Crippen molar-refractivity contribution in [2.75, 3.05) is 37.8 Å². The maximum atomic E-state index is 14.0. The molecule has 4 saturated carbocycles. The van der Waals surface area contributed by atoms with Crippen LogP contribution in [0.15, 0.2) is 35.5 Å². The Bertz CT molecular complexity index is 1420. The number of rotatable bonds is 8. The molecule has 50 heavy (non-hydrogen) atoms. The van der Waals surface area contributed by atoms with Crippen molar-refractivity contribution in [3.05, 3.63) is 35.5 Å². The minimum absolute atomic E-state index is 0.0174. The van der Waals surface area contributed by atoms with Crippen LogP contribution in [-0.4, -0.2) is 65.4 Å². The van der Waals surface area contributed by atoms with Crippen LogP contribution in [0.1, 0.15) is 126 Å². The third kappa shape index (κ3) is 5.43. The summed E-state index contributed by atoms with van der Waals surface area (Å²) < 4.78 is 14.0. The van der Waals surface area contributed by atoms with E-state index in [4.69, 9.17) is 0 Å². The number of thioether (sulfide) groups is 1. The van der Waals surface area contributed by atoms with Gasteiger partial charge in [-0.3, -0.25) is 9.69 Å². The van der Waals surface area contributed by atoms with Crippen LogP contribution >= 0.6 is 11.8 Å². The fraction of sp³-hybridized carbons (Fsp3) is 0.841. The maximum Gasteiger partial charge on any atom is 0.312 e. The van der Waals surface area contributed by atoms with Crippen LogP contribution in [0.5, 0.6) is 0 Å². The molecule has 7 aliphatic rings. The molecule has 2 N–H and O–H groups in total. The van der Waals surface area contributed by atoms with Gasteiger partial charge >= 0.3 is 5.97 Å². The SMILES string of the molecule is C=C(C)[C@@H]1CC[C@]2(NCCN3CCSCC3C)CC[C@]3(C)[C@H](CC[C@@H]4[C@@]5(C)CC=C(C6=CC[C@@](CF)(C(=O)O)CC6)C(C)(C)[C@@H]5CC[C@]43C)[C@@H]12. The van der Waals surface area contributed by atoms with Crippen LogP contribution in [-0.2, 0) is 4.79 Å². The monoisotopic (exact) mass is 709 g/mol. The summed E-state index contributed by atoms with van der Waals surface area (Å²) in [7, 11) is 0. The van der Waals surface area contributed by atoms with E-state index in [1.165, 1.54) is 92.7 Å². The highest BCUT2D eigenvalue weighted by Crippen LogP contribution is 2.76. The summed E-state index contributed by atoms with van der Waals surface area (Å²) in [4.78, 5) is 14.7. The lowest BCUT2D eigenvalue weighted by molar-refractivity contribution is -0.221. The molecule has 0 spiro atoms. The van der Waals surface area contributed by atoms with Gasteiger partial charge in [0.05, 0.1) is 5.41 Å². The summed E-state index contributed by atoms with van der Waals surface area (Å²) in [5.74, 6) is 4.90. The van der Waals surface area contributed by atoms with Crippen molar-refractivity contribution >= 4 is 17.7 Å². The van der Waals surface area contributed by atoms with Gasteiger partial charge in [-0.15, -0.1) is 0 Å². The summed E-state index contributed by atoms with van der Waals surface area (Å²) >= 11 is 2.11. The topological polar surface area (TPSA) is 52.6 Å². The Morgan fingerprint density at radius 1 is 1.00 bits per heavy atom. The van der Waals surface area contributed by atoms with Gasteiger partial charge in [0, 0.05) is 42.7 Å². The molecule has 11 atom stereocenters. The van der Waals surface area contributed by atoms with E-state index in [0.29, 0.717) is 59.8 Å². The second-order valence-electron chi connectivity index (χ2n) is 19.9. The minimum atomic E-state index is -1.24. The normalized spacial score (nSPS) is 47.2. The molecule has 6 heteroatoms. The first-order valence-electron chi connectivity index (χ1n) is 20.5. The molecule has 0 amide bonds. The van der Waals surface area contributed by atoms with Gasteiger partial charge < -0.3 is 10.4 Å². The maximum absolute atomic E-state index is 14.0. The van der Waals surface area contributed by atoms with Crippen LogP contribution in [0.3, 0.4) is 0 Å². The number of hydrogen-bond acceptors (Lipinski definition) is 4. The number of alkyl halides is 1. The van der Waals surface area contributed by atoms with Gasteiger partial charge in [-0.1, -0.05) is 58.9 Å². The average Bonchev–Trinajstić information content (AvgIpc) is 3.46. The summed E-state index contributed by atoms with van der Waals surface area (Å²) in [5.41, 5.74) is 4.06. The molecule has 5 fully saturated rings. The van der Waals surface area contributed by atoms with E-state index >= 15 is 0 Å². The molecule has 0 aromatic heterocycles. The molecule has 0 radical (unpaired) electrons. The zero-order chi connectivity index (χ0) is 35.9. The van der Waals surface area contributed by atoms with Crippen LogP contribution in [0.2, 0.25) is 0 Å². The lowest BCUT2D eigenvalue weighted by Crippen LogP contribution is -2.68. The number of fused-ring (bicyclic) bond motifs is 7. The number of hydrogen-bond donors (Lipinski definition) is 2. The Balaban J connectivity index is 1.15. The van der Waals surface area contributed by atoms with Gasteiger partial charge in [0.1, 0.15) is 6.67 Å². The molecule has 1 aliphatic heterocycles. The number of aliphatic carboxylic acids is 1. The van der Waals surface area contributed by atoms with Gasteiger partial charge in [-0.25, -0.2) is 4.39 Å². The van der Waals surface area contributed by atoms with E-state index in [0.717, 1.165) is 18.9 Å². The molecule has 0 aromatic rings. The molecule has 1 unspecified atom stereocenters. The van der Waals surface area contributed by atoms with E-state index in [9.17, 15) is 14.3 Å². The third-order valence-electron chi connectivity index (χ3n) is 17.7. The van der Waals surface area contributed by atoms with Crippen molar-refractivity contribution in [3.8, 4) is 0 Å². The molecular weight excluding hydrogens is 640 g/mol. The number of nitrogens with one attached hydrogen (secondary N) is 1. The first-order valence-corrected chi connectivity index (χ1v) is 21.7. The van der Waals surface area contributed by atoms with Crippen molar-refractivity contribution in [2.24, 2.45) is 56.7 Å². The number of nitrogens with zero attached hydrogens (tertiary/aromatic N) is 1. The molecular formula is C44H69FN2O2S. The van der Waals surface area contributed by atoms with Crippen molar-refractivity contribution in [1.29, 1.82) is 0 Å². The van der Waals surface area contributed by atoms with Crippen molar-refractivity contribution in [3.63, 3.8) is 0 Å². The molecule has 280 valence electrons. The van der Waals surface area contributed by atoms with E-state index in [2.05, 4.69) is 89.2 Å². The smallest absolute Gasteiger partial charge is 0.312 e. The van der Waals surface area contributed by atoms with Crippen molar-refractivity contribution in [1.82, 2.24) is 10.2 Å². The van der Waals surface area contributed by atoms with Crippen LogP contribution < -0.4 is 5.32 Å². The van der Waals surface area contributed by atoms with Crippen molar-refractivity contribution < 1.29 is 14.3 Å². The highest BCUT2D eigenvalue weighted by molar-refractivity contribution is 7.99. The Kier molecular flexibility index (Phi) is 9.70. The molecule has 6 aliphatic carbocycles. The fourth-order valence-electron chi connectivity index (χ4n) is 14.7. The Morgan fingerprint density at radius 2 is 1.78 bits per heavy atom. The van der Waals surface area contributed by atoms with E-state index < -0.39 is 18.1 Å². The zero-order valence-corrected chi connectivity index (χ0v) is 33.5. The minimum Gasteiger partial charge on any atom is -0.481 e. The second-order valence-corrected chi connectivity index (χ2v) is 21.1. The standard InChI is InChI=1S/C44H69FN2O2S/c1-29(2)32-13-20-44(46-23-24-47-25-26-50-27-30(47)3)22-21-41(7)34(37(32)44)9-10-36-40(6)16-14-33(39(4,5)35(40)15-17-42(36,41)8)31-11-18-43(28-45,19-12-31)38(48)49/h11,14,30,32,34-37,46H,1,9-10,12-13,15-28H2,2-8H3,(H,48,49)/t30?,32-,34+,35-,36+,37+,40-,41+,42+,43+,44-/m0/s1. The summed E-state index contributed by atoms with van der Waals surface area (Å²) in [6, 6.07) is 0.685. The largest absolute Gasteiger partial charge is 0.481 e. The molecule has 4 nitrogen and oxygen atoms in total.